The van der Waals surface area contributed by atoms with Crippen molar-refractivity contribution in [1.82, 2.24) is 9.97 Å². The number of aromatic amines is 1. The number of halogens is 3. The second-order valence-electron chi connectivity index (χ2n) is 4.36. The highest BCUT2D eigenvalue weighted by Gasteiger charge is 2.11. The Morgan fingerprint density at radius 3 is 2.67 bits per heavy atom. The molecule has 0 saturated carbocycles. The van der Waals surface area contributed by atoms with Crippen LogP contribution in [0.5, 0.6) is 5.75 Å². The number of H-pyrrole nitrogens is 1. The van der Waals surface area contributed by atoms with E-state index < -0.39 is 0 Å². The molecule has 106 valence electrons. The second-order valence-corrected chi connectivity index (χ2v) is 6.06. The van der Waals surface area contributed by atoms with Gasteiger partial charge in [0.25, 0.3) is 5.56 Å². The number of nitrogens with one attached hydrogen (secondary N) is 1. The van der Waals surface area contributed by atoms with Crippen LogP contribution in [0.25, 0.3) is 22.3 Å². The standard InChI is InChI=1S/C14H7BrCl2N2O2/c15-9-3-6(1-2-11(9)20)13-18-12-8(14(21)19-13)4-7(16)5-10(12)17/h1-5,20H,(H,18,19,21). The van der Waals surface area contributed by atoms with E-state index in [9.17, 15) is 9.90 Å². The van der Waals surface area contributed by atoms with Crippen molar-refractivity contribution in [2.45, 2.75) is 0 Å². The lowest BCUT2D eigenvalue weighted by molar-refractivity contribution is 0.472. The molecular weight excluding hydrogens is 379 g/mol. The summed E-state index contributed by atoms with van der Waals surface area (Å²) in [5, 5.41) is 10.5. The molecule has 7 heteroatoms. The van der Waals surface area contributed by atoms with E-state index in [1.54, 1.807) is 12.1 Å². The molecular formula is C14H7BrCl2N2O2. The van der Waals surface area contributed by atoms with E-state index in [4.69, 9.17) is 23.2 Å². The van der Waals surface area contributed by atoms with Crippen LogP contribution in [0, 0.1) is 0 Å². The number of aromatic nitrogens is 2. The number of benzene rings is 2. The molecule has 3 rings (SSSR count). The van der Waals surface area contributed by atoms with E-state index >= 15 is 0 Å². The van der Waals surface area contributed by atoms with Crippen LogP contribution in [-0.4, -0.2) is 15.1 Å². The first-order valence-corrected chi connectivity index (χ1v) is 7.38. The maximum Gasteiger partial charge on any atom is 0.259 e. The van der Waals surface area contributed by atoms with E-state index in [1.807, 2.05) is 0 Å². The van der Waals surface area contributed by atoms with Crippen LogP contribution in [0.1, 0.15) is 0 Å². The van der Waals surface area contributed by atoms with Gasteiger partial charge in [-0.25, -0.2) is 4.98 Å². The number of fused-ring (bicyclic) bond motifs is 1. The van der Waals surface area contributed by atoms with E-state index in [1.165, 1.54) is 18.2 Å². The molecule has 0 atom stereocenters. The first kappa shape index (κ1) is 14.4. The molecule has 3 aromatic rings. The fraction of sp³-hybridized carbons (Fsp3) is 0. The van der Waals surface area contributed by atoms with Gasteiger partial charge < -0.3 is 10.1 Å². The fourth-order valence-corrected chi connectivity index (χ4v) is 2.87. The van der Waals surface area contributed by atoms with Crippen molar-refractivity contribution in [2.75, 3.05) is 0 Å². The Kier molecular flexibility index (Phi) is 3.65. The van der Waals surface area contributed by atoms with Crippen molar-refractivity contribution in [2.24, 2.45) is 0 Å². The average Bonchev–Trinajstić information content (AvgIpc) is 2.43. The molecule has 2 N–H and O–H groups in total. The monoisotopic (exact) mass is 384 g/mol. The summed E-state index contributed by atoms with van der Waals surface area (Å²) in [6, 6.07) is 7.86. The molecule has 0 fully saturated rings. The topological polar surface area (TPSA) is 66.0 Å². The summed E-state index contributed by atoms with van der Waals surface area (Å²) in [5.41, 5.74) is 0.692. The summed E-state index contributed by atoms with van der Waals surface area (Å²) >= 11 is 15.2. The minimum Gasteiger partial charge on any atom is -0.507 e. The zero-order valence-electron chi connectivity index (χ0n) is 10.3. The lowest BCUT2D eigenvalue weighted by atomic mass is 10.2. The van der Waals surface area contributed by atoms with Crippen LogP contribution in [0.2, 0.25) is 10.0 Å². The van der Waals surface area contributed by atoms with Gasteiger partial charge in [0.2, 0.25) is 0 Å². The van der Waals surface area contributed by atoms with Gasteiger partial charge in [-0.15, -0.1) is 0 Å². The van der Waals surface area contributed by atoms with Gasteiger partial charge in [-0.1, -0.05) is 23.2 Å². The highest BCUT2D eigenvalue weighted by Crippen LogP contribution is 2.30. The number of phenols is 1. The van der Waals surface area contributed by atoms with Gasteiger partial charge in [0.1, 0.15) is 11.6 Å². The van der Waals surface area contributed by atoms with Gasteiger partial charge in [-0.2, -0.15) is 0 Å². The minimum absolute atomic E-state index is 0.103. The van der Waals surface area contributed by atoms with E-state index in [0.717, 1.165) is 0 Å². The van der Waals surface area contributed by atoms with Crippen molar-refractivity contribution >= 4 is 50.0 Å². The van der Waals surface area contributed by atoms with Crippen LogP contribution in [-0.2, 0) is 0 Å². The highest BCUT2D eigenvalue weighted by atomic mass is 79.9. The zero-order valence-corrected chi connectivity index (χ0v) is 13.4. The normalized spacial score (nSPS) is 11.0. The van der Waals surface area contributed by atoms with E-state index in [0.29, 0.717) is 36.8 Å². The molecule has 1 aromatic heterocycles. The molecule has 0 bridgehead atoms. The van der Waals surface area contributed by atoms with E-state index in [2.05, 4.69) is 25.9 Å². The maximum absolute atomic E-state index is 12.2. The molecule has 0 saturated heterocycles. The smallest absolute Gasteiger partial charge is 0.259 e. The SMILES string of the molecule is O=c1[nH]c(-c2ccc(O)c(Br)c2)nc2c(Cl)cc(Cl)cc12. The third-order valence-electron chi connectivity index (χ3n) is 2.95. The lowest BCUT2D eigenvalue weighted by Gasteiger charge is -2.06. The van der Waals surface area contributed by atoms with Crippen LogP contribution in [0.4, 0.5) is 0 Å². The number of rotatable bonds is 1. The van der Waals surface area contributed by atoms with Crippen LogP contribution < -0.4 is 5.56 Å². The summed E-state index contributed by atoms with van der Waals surface area (Å²) < 4.78 is 0.505. The van der Waals surface area contributed by atoms with Gasteiger partial charge >= 0.3 is 0 Å². The number of hydrogen-bond acceptors (Lipinski definition) is 3. The van der Waals surface area contributed by atoms with Crippen molar-refractivity contribution in [3.63, 3.8) is 0 Å². The maximum atomic E-state index is 12.2. The molecule has 1 heterocycles. The third kappa shape index (κ3) is 2.64. The van der Waals surface area contributed by atoms with Crippen molar-refractivity contribution < 1.29 is 5.11 Å². The van der Waals surface area contributed by atoms with Gasteiger partial charge in [-0.3, -0.25) is 4.79 Å². The quantitative estimate of drug-likeness (QED) is 0.653. The predicted molar refractivity (Wildman–Crippen MR) is 87.2 cm³/mol. The van der Waals surface area contributed by atoms with Crippen molar-refractivity contribution in [3.8, 4) is 17.1 Å². The summed E-state index contributed by atoms with van der Waals surface area (Å²) in [6.07, 6.45) is 0. The Morgan fingerprint density at radius 1 is 1.19 bits per heavy atom. The van der Waals surface area contributed by atoms with Gasteiger partial charge in [-0.05, 0) is 46.3 Å². The molecule has 4 nitrogen and oxygen atoms in total. The molecule has 0 radical (unpaired) electrons. The summed E-state index contributed by atoms with van der Waals surface area (Å²) in [7, 11) is 0. The minimum atomic E-state index is -0.330. The van der Waals surface area contributed by atoms with E-state index in [-0.39, 0.29) is 11.3 Å². The van der Waals surface area contributed by atoms with Gasteiger partial charge in [0.05, 0.1) is 20.4 Å². The number of phenolic OH excluding ortho intramolecular Hbond substituents is 1. The van der Waals surface area contributed by atoms with Gasteiger partial charge in [0.15, 0.2) is 0 Å². The number of hydrogen-bond donors (Lipinski definition) is 2. The summed E-state index contributed by atoms with van der Waals surface area (Å²) in [5.74, 6) is 0.462. The fourth-order valence-electron chi connectivity index (χ4n) is 1.96. The van der Waals surface area contributed by atoms with Crippen molar-refractivity contribution in [1.29, 1.82) is 0 Å². The highest BCUT2D eigenvalue weighted by molar-refractivity contribution is 9.10. The molecule has 0 amide bonds. The Hall–Kier alpha value is -1.56. The molecule has 2 aromatic carbocycles. The molecule has 0 aliphatic heterocycles. The summed E-state index contributed by atoms with van der Waals surface area (Å²) in [6.45, 7) is 0. The predicted octanol–water partition coefficient (Wildman–Crippen LogP) is 4.37. The molecule has 21 heavy (non-hydrogen) atoms. The number of nitrogens with zero attached hydrogens (tertiary/aromatic N) is 1. The Morgan fingerprint density at radius 2 is 1.95 bits per heavy atom. The molecule has 0 aliphatic carbocycles. The first-order valence-electron chi connectivity index (χ1n) is 5.83. The Balaban J connectivity index is 2.30. The third-order valence-corrected chi connectivity index (χ3v) is 4.09. The van der Waals surface area contributed by atoms with Crippen LogP contribution in [0.15, 0.2) is 39.6 Å². The molecule has 0 unspecified atom stereocenters. The average molecular weight is 386 g/mol. The Labute approximate surface area is 137 Å². The molecule has 0 aliphatic rings. The molecule has 0 spiro atoms. The van der Waals surface area contributed by atoms with Crippen LogP contribution >= 0.6 is 39.1 Å². The second kappa shape index (κ2) is 5.33. The summed E-state index contributed by atoms with van der Waals surface area (Å²) in [4.78, 5) is 19.2. The van der Waals surface area contributed by atoms with Crippen molar-refractivity contribution in [3.05, 3.63) is 55.2 Å². The lowest BCUT2D eigenvalue weighted by Crippen LogP contribution is -2.09. The first-order chi connectivity index (χ1) is 9.95. The largest absolute Gasteiger partial charge is 0.507 e. The van der Waals surface area contributed by atoms with Crippen LogP contribution in [0.3, 0.4) is 0 Å². The Bertz CT molecular complexity index is 925. The zero-order chi connectivity index (χ0) is 15.1. The van der Waals surface area contributed by atoms with Gasteiger partial charge in [0, 0.05) is 10.6 Å². The number of aromatic hydroxyl groups is 1.